The van der Waals surface area contributed by atoms with E-state index in [9.17, 15) is 23.7 Å². The summed E-state index contributed by atoms with van der Waals surface area (Å²) in [6.07, 6.45) is 3.68. The predicted octanol–water partition coefficient (Wildman–Crippen LogP) is 5.38. The van der Waals surface area contributed by atoms with Crippen LogP contribution in [-0.2, 0) is 14.3 Å². The van der Waals surface area contributed by atoms with Gasteiger partial charge in [0.05, 0.1) is 25.1 Å². The lowest BCUT2D eigenvalue weighted by Gasteiger charge is -2.43. The number of rotatable bonds is 13. The first kappa shape index (κ1) is 33.9. The second-order valence-electron chi connectivity index (χ2n) is 12.7. The van der Waals surface area contributed by atoms with Gasteiger partial charge in [0.15, 0.2) is 9.84 Å². The van der Waals surface area contributed by atoms with Gasteiger partial charge in [0.2, 0.25) is 0 Å². The molecule has 0 saturated carbocycles. The fourth-order valence-electron chi connectivity index (χ4n) is 6.47. The van der Waals surface area contributed by atoms with Gasteiger partial charge in [-0.15, -0.1) is 0 Å². The molecular weight excluding hydrogens is 589 g/mol. The average Bonchev–Trinajstić information content (AvgIpc) is 3.26. The van der Waals surface area contributed by atoms with Crippen molar-refractivity contribution in [1.29, 1.82) is 0 Å². The van der Waals surface area contributed by atoms with Gasteiger partial charge in [0, 0.05) is 0 Å². The largest absolute Gasteiger partial charge is 0.508 e. The molecule has 236 valence electrons. The molecule has 0 radical (unpaired) electrons. The van der Waals surface area contributed by atoms with Crippen LogP contribution in [0.5, 0.6) is 5.75 Å². The highest BCUT2D eigenvalue weighted by atomic mass is 32.2. The summed E-state index contributed by atoms with van der Waals surface area (Å²) in [7, 11) is -6.66. The van der Waals surface area contributed by atoms with Crippen molar-refractivity contribution in [3.8, 4) is 5.75 Å². The van der Waals surface area contributed by atoms with E-state index in [1.54, 1.807) is 12.1 Å². The van der Waals surface area contributed by atoms with E-state index >= 15 is 0 Å². The summed E-state index contributed by atoms with van der Waals surface area (Å²) < 4.78 is 33.7. The SMILES string of the molecule is CCC/C(=C\c1ccc(O)cc1)CC[C@@H](O)C1=C(CO[Si](c2ccccc2)(c2ccccc2)C(C)(C)C)CS(=O)(=O)[C@H]1CO. The van der Waals surface area contributed by atoms with Crippen LogP contribution < -0.4 is 10.4 Å². The van der Waals surface area contributed by atoms with Crippen molar-refractivity contribution in [1.82, 2.24) is 0 Å². The fraction of sp³-hybridized carbons (Fsp3) is 0.389. The van der Waals surface area contributed by atoms with Crippen molar-refractivity contribution in [3.63, 3.8) is 0 Å². The second kappa shape index (κ2) is 14.4. The molecule has 8 heteroatoms. The van der Waals surface area contributed by atoms with E-state index in [0.29, 0.717) is 24.0 Å². The zero-order chi connectivity index (χ0) is 32.0. The Bertz CT molecular complexity index is 1500. The van der Waals surface area contributed by atoms with E-state index in [2.05, 4.69) is 58.0 Å². The van der Waals surface area contributed by atoms with Crippen LogP contribution in [0.2, 0.25) is 5.04 Å². The Kier molecular flexibility index (Phi) is 11.1. The molecule has 1 heterocycles. The van der Waals surface area contributed by atoms with Gasteiger partial charge in [-0.3, -0.25) is 0 Å². The van der Waals surface area contributed by atoms with E-state index < -0.39 is 36.1 Å². The second-order valence-corrected chi connectivity index (χ2v) is 19.2. The van der Waals surface area contributed by atoms with E-state index in [1.807, 2.05) is 48.5 Å². The van der Waals surface area contributed by atoms with Gasteiger partial charge in [0.1, 0.15) is 11.0 Å². The number of hydrogen-bond donors (Lipinski definition) is 3. The van der Waals surface area contributed by atoms with Gasteiger partial charge in [-0.25, -0.2) is 8.42 Å². The molecule has 0 aliphatic carbocycles. The van der Waals surface area contributed by atoms with Crippen molar-refractivity contribution in [2.75, 3.05) is 19.0 Å². The number of aliphatic hydroxyl groups is 2. The van der Waals surface area contributed by atoms with Crippen molar-refractivity contribution in [2.45, 2.75) is 69.8 Å². The van der Waals surface area contributed by atoms with Crippen molar-refractivity contribution < 1.29 is 28.2 Å². The molecule has 0 saturated heterocycles. The van der Waals surface area contributed by atoms with Crippen LogP contribution in [-0.4, -0.2) is 62.4 Å². The molecule has 6 nitrogen and oxygen atoms in total. The van der Waals surface area contributed by atoms with E-state index in [-0.39, 0.29) is 23.1 Å². The summed E-state index contributed by atoms with van der Waals surface area (Å²) in [5.74, 6) is -0.0413. The lowest BCUT2D eigenvalue weighted by atomic mass is 9.93. The number of sulfone groups is 1. The highest BCUT2D eigenvalue weighted by molar-refractivity contribution is 7.92. The summed E-state index contributed by atoms with van der Waals surface area (Å²) in [6, 6.07) is 27.3. The lowest BCUT2D eigenvalue weighted by molar-refractivity contribution is 0.186. The van der Waals surface area contributed by atoms with Crippen LogP contribution >= 0.6 is 0 Å². The van der Waals surface area contributed by atoms with Crippen LogP contribution in [0.3, 0.4) is 0 Å². The normalized spacial score (nSPS) is 18.0. The molecule has 2 atom stereocenters. The van der Waals surface area contributed by atoms with Gasteiger partial charge in [-0.2, -0.15) is 0 Å². The van der Waals surface area contributed by atoms with Crippen LogP contribution in [0.4, 0.5) is 0 Å². The molecule has 1 aliphatic heterocycles. The molecule has 0 aromatic heterocycles. The number of phenolic OH excluding ortho intramolecular Hbond substituents is 1. The molecule has 3 N–H and O–H groups in total. The topological polar surface area (TPSA) is 104 Å². The van der Waals surface area contributed by atoms with Crippen LogP contribution in [0.1, 0.15) is 58.9 Å². The number of aliphatic hydroxyl groups excluding tert-OH is 2. The third kappa shape index (κ3) is 7.43. The van der Waals surface area contributed by atoms with E-state index in [0.717, 1.165) is 34.4 Å². The summed E-state index contributed by atoms with van der Waals surface area (Å²) >= 11 is 0. The van der Waals surface area contributed by atoms with Crippen LogP contribution in [0, 0.1) is 0 Å². The van der Waals surface area contributed by atoms with Gasteiger partial charge >= 0.3 is 0 Å². The fourth-order valence-corrected chi connectivity index (χ4v) is 12.9. The molecule has 0 fully saturated rings. The third-order valence-corrected chi connectivity index (χ3v) is 15.5. The highest BCUT2D eigenvalue weighted by Gasteiger charge is 2.51. The van der Waals surface area contributed by atoms with Gasteiger partial charge in [-0.05, 0) is 63.5 Å². The first-order valence-corrected chi connectivity index (χ1v) is 19.0. The maximum Gasteiger partial charge on any atom is 0.261 e. The molecule has 3 aromatic rings. The Morgan fingerprint density at radius 3 is 2.02 bits per heavy atom. The smallest absolute Gasteiger partial charge is 0.261 e. The Morgan fingerprint density at radius 1 is 0.955 bits per heavy atom. The number of hydrogen-bond acceptors (Lipinski definition) is 6. The molecule has 44 heavy (non-hydrogen) atoms. The van der Waals surface area contributed by atoms with Crippen LogP contribution in [0.25, 0.3) is 6.08 Å². The number of phenols is 1. The third-order valence-electron chi connectivity index (χ3n) is 8.54. The predicted molar refractivity (Wildman–Crippen MR) is 181 cm³/mol. The van der Waals surface area contributed by atoms with E-state index in [4.69, 9.17) is 4.43 Å². The number of benzene rings is 3. The van der Waals surface area contributed by atoms with Gasteiger partial charge in [0.25, 0.3) is 8.32 Å². The molecule has 0 spiro atoms. The zero-order valence-electron chi connectivity index (χ0n) is 26.2. The number of allylic oxidation sites excluding steroid dienone is 1. The van der Waals surface area contributed by atoms with Gasteiger partial charge < -0.3 is 19.7 Å². The Balaban J connectivity index is 1.69. The maximum atomic E-state index is 13.3. The molecule has 3 aromatic carbocycles. The Hall–Kier alpha value is -3.01. The highest BCUT2D eigenvalue weighted by Crippen LogP contribution is 2.39. The lowest BCUT2D eigenvalue weighted by Crippen LogP contribution is -2.66. The van der Waals surface area contributed by atoms with E-state index in [1.165, 1.54) is 0 Å². The van der Waals surface area contributed by atoms with Crippen LogP contribution in [0.15, 0.2) is 102 Å². The summed E-state index contributed by atoms with van der Waals surface area (Å²) in [5.41, 5.74) is 3.01. The molecular formula is C36H46O6SSi. The molecule has 4 rings (SSSR count). The zero-order valence-corrected chi connectivity index (χ0v) is 28.1. The first-order valence-electron chi connectivity index (χ1n) is 15.4. The summed E-state index contributed by atoms with van der Waals surface area (Å²) in [6.45, 7) is 8.07. The minimum Gasteiger partial charge on any atom is -0.508 e. The van der Waals surface area contributed by atoms with Crippen molar-refractivity contribution in [3.05, 3.63) is 107 Å². The average molecular weight is 635 g/mol. The molecule has 1 aliphatic rings. The Labute approximate surface area is 263 Å². The quantitative estimate of drug-likeness (QED) is 0.172. The number of aromatic hydroxyl groups is 1. The molecule has 0 amide bonds. The monoisotopic (exact) mass is 634 g/mol. The minimum absolute atomic E-state index is 0.0561. The summed E-state index contributed by atoms with van der Waals surface area (Å²) in [4.78, 5) is 0. The van der Waals surface area contributed by atoms with Crippen molar-refractivity contribution >= 4 is 34.6 Å². The van der Waals surface area contributed by atoms with Crippen molar-refractivity contribution in [2.24, 2.45) is 0 Å². The first-order chi connectivity index (χ1) is 20.9. The summed E-state index contributed by atoms with van der Waals surface area (Å²) in [5, 5.41) is 32.2. The standard InChI is InChI=1S/C36H46O6SSi/c1-5-12-27(23-28-17-20-30(38)21-18-28)19-22-33(39)35-29(26-43(40,41)34(35)24-37)25-42-44(36(2,3)4,31-13-8-6-9-14-31)32-15-10-7-11-16-32/h6-11,13-18,20-21,23,33-34,37-39H,5,12,19,22,24-26H2,1-4H3/b27-23+/t33-,34+/m1/s1. The van der Waals surface area contributed by atoms with Gasteiger partial charge in [-0.1, -0.05) is 119 Å². The minimum atomic E-state index is -3.70. The molecule has 0 bridgehead atoms. The molecule has 0 unspecified atom stereocenters. The maximum absolute atomic E-state index is 13.3. The Morgan fingerprint density at radius 2 is 1.52 bits per heavy atom.